The average molecular weight is 474 g/mol. The number of carbonyl (C=O) groups is 1. The van der Waals surface area contributed by atoms with Gasteiger partial charge in [-0.05, 0) is 44.8 Å². The minimum atomic E-state index is 0.306. The number of unbranched alkanes of at least 4 members (excludes halogenated alkanes) is 2. The topological polar surface area (TPSA) is 72.7 Å². The molecule has 3 fully saturated rings. The van der Waals surface area contributed by atoms with Crippen LogP contribution in [0.1, 0.15) is 46.0 Å². The van der Waals surface area contributed by atoms with Gasteiger partial charge in [-0.15, -0.1) is 9.24 Å². The first-order valence-electron chi connectivity index (χ1n) is 13.2. The molecule has 7 nitrogen and oxygen atoms in total. The molecule has 0 aromatic heterocycles. The zero-order chi connectivity index (χ0) is 23.6. The first-order valence-corrected chi connectivity index (χ1v) is 14.4. The summed E-state index contributed by atoms with van der Waals surface area (Å²) in [4.78, 5) is 21.6. The van der Waals surface area contributed by atoms with Crippen LogP contribution in [0.3, 0.4) is 0 Å². The molecule has 3 rings (SSSR count). The highest BCUT2D eigenvalue weighted by molar-refractivity contribution is 7.15. The Morgan fingerprint density at radius 2 is 1.47 bits per heavy atom. The van der Waals surface area contributed by atoms with Crippen LogP contribution < -0.4 is 11.1 Å². The summed E-state index contributed by atoms with van der Waals surface area (Å²) in [6, 6.07) is 0. The van der Waals surface area contributed by atoms with E-state index in [1.54, 1.807) is 0 Å². The lowest BCUT2D eigenvalue weighted by Crippen LogP contribution is -2.89. The van der Waals surface area contributed by atoms with Gasteiger partial charge in [0, 0.05) is 52.4 Å². The molecule has 3 aliphatic rings. The fourth-order valence-corrected chi connectivity index (χ4v) is 4.59. The number of quaternary nitrogens is 1. The maximum absolute atomic E-state index is 12.3. The second-order valence-corrected chi connectivity index (χ2v) is 9.19. The van der Waals surface area contributed by atoms with Crippen LogP contribution in [-0.4, -0.2) is 124 Å². The zero-order valence-electron chi connectivity index (χ0n) is 21.4. The van der Waals surface area contributed by atoms with E-state index in [2.05, 4.69) is 43.1 Å². The van der Waals surface area contributed by atoms with Gasteiger partial charge in [0.25, 0.3) is 0 Å². The van der Waals surface area contributed by atoms with Crippen molar-refractivity contribution in [3.8, 4) is 0 Å². The highest BCUT2D eigenvalue weighted by Gasteiger charge is 2.24. The second-order valence-electron chi connectivity index (χ2n) is 9.19. The van der Waals surface area contributed by atoms with Crippen molar-refractivity contribution >= 4 is 15.1 Å². The molecule has 0 aromatic rings. The van der Waals surface area contributed by atoms with Crippen molar-refractivity contribution in [2.75, 3.05) is 98.3 Å². The standard InChI is InChI=1S/C14H28N4O.C9H20N2.CH5P/c1-2-16-7-9-17(10-8-16)12-14(19)18-5-3-13(11-15)4-6-18;1-2-3-4-7-11-8-5-10-6-9-11;1-2/h13H,2-12,15H2,1H3;10H,2-9H2,1H3;2H2,1H3/p+1. The summed E-state index contributed by atoms with van der Waals surface area (Å²) in [6.07, 6.45) is 6.30. The molecule has 8 heteroatoms. The Hall–Kier alpha value is -0.300. The first kappa shape index (κ1) is 29.7. The number of hydrogen-bond acceptors (Lipinski definition) is 5. The first-order chi connectivity index (χ1) is 15.7. The van der Waals surface area contributed by atoms with Gasteiger partial charge in [-0.25, -0.2) is 0 Å². The van der Waals surface area contributed by atoms with Gasteiger partial charge in [0.15, 0.2) is 0 Å². The molecular weight excluding hydrogens is 419 g/mol. The number of piperidine rings is 1. The summed E-state index contributed by atoms with van der Waals surface area (Å²) in [5.74, 6) is 0.928. The van der Waals surface area contributed by atoms with Crippen molar-refractivity contribution in [3.05, 3.63) is 0 Å². The van der Waals surface area contributed by atoms with Crippen LogP contribution in [0.4, 0.5) is 0 Å². The molecule has 1 atom stereocenters. The van der Waals surface area contributed by atoms with E-state index in [0.29, 0.717) is 18.4 Å². The van der Waals surface area contributed by atoms with Gasteiger partial charge in [-0.1, -0.05) is 33.4 Å². The van der Waals surface area contributed by atoms with Crippen LogP contribution in [0.2, 0.25) is 0 Å². The highest BCUT2D eigenvalue weighted by atomic mass is 31.0. The van der Waals surface area contributed by atoms with E-state index in [0.717, 1.165) is 65.2 Å². The second kappa shape index (κ2) is 19.1. The Balaban J connectivity index is 0.000000335. The van der Waals surface area contributed by atoms with Crippen LogP contribution in [0.5, 0.6) is 0 Å². The normalized spacial score (nSPS) is 21.3. The lowest BCUT2D eigenvalue weighted by atomic mass is 9.97. The number of amides is 1. The van der Waals surface area contributed by atoms with Crippen LogP contribution in [0, 0.1) is 5.92 Å². The lowest BCUT2D eigenvalue weighted by Gasteiger charge is -2.36. The number of carbonyl (C=O) groups excluding carboxylic acids is 1. The number of likely N-dealkylation sites (tertiary alicyclic amines) is 1. The van der Waals surface area contributed by atoms with Crippen LogP contribution in [0.15, 0.2) is 0 Å². The van der Waals surface area contributed by atoms with E-state index in [1.807, 2.05) is 11.6 Å². The number of likely N-dealkylation sites (N-methyl/N-ethyl adjacent to an activating group) is 1. The number of rotatable bonds is 8. The summed E-state index contributed by atoms with van der Waals surface area (Å²) in [6.45, 7) is 21.5. The molecule has 0 spiro atoms. The van der Waals surface area contributed by atoms with Crippen LogP contribution in [0.25, 0.3) is 0 Å². The van der Waals surface area contributed by atoms with Crippen LogP contribution >= 0.6 is 9.24 Å². The Morgan fingerprint density at radius 3 is 2.00 bits per heavy atom. The number of piperazine rings is 2. The van der Waals surface area contributed by atoms with Gasteiger partial charge in [0.1, 0.15) is 0 Å². The van der Waals surface area contributed by atoms with Gasteiger partial charge in [-0.2, -0.15) is 0 Å². The quantitative estimate of drug-likeness (QED) is 0.394. The van der Waals surface area contributed by atoms with E-state index in [-0.39, 0.29) is 0 Å². The summed E-state index contributed by atoms with van der Waals surface area (Å²) >= 11 is 0. The van der Waals surface area contributed by atoms with E-state index in [4.69, 9.17) is 5.73 Å². The molecule has 4 N–H and O–H groups in total. The molecule has 3 heterocycles. The third-order valence-electron chi connectivity index (χ3n) is 6.95. The van der Waals surface area contributed by atoms with Gasteiger partial charge < -0.3 is 20.9 Å². The molecular formula is C24H54N6OP+. The SMILES string of the molecule is CCCCCN1CC[NH2+]CC1.CCN1CCN(CC(=O)N2CCC(CN)CC2)CC1.CP. The molecule has 3 saturated heterocycles. The van der Waals surface area contributed by atoms with Crippen LogP contribution in [-0.2, 0) is 4.79 Å². The fourth-order valence-electron chi connectivity index (χ4n) is 4.59. The molecule has 0 bridgehead atoms. The third-order valence-corrected chi connectivity index (χ3v) is 6.95. The fraction of sp³-hybridized carbons (Fsp3) is 0.958. The van der Waals surface area contributed by atoms with Gasteiger partial charge >= 0.3 is 0 Å². The van der Waals surface area contributed by atoms with Crippen molar-refractivity contribution in [2.24, 2.45) is 11.7 Å². The maximum Gasteiger partial charge on any atom is 0.236 e. The molecule has 0 aromatic carbocycles. The Morgan fingerprint density at radius 1 is 0.875 bits per heavy atom. The molecule has 3 aliphatic heterocycles. The molecule has 1 amide bonds. The average Bonchev–Trinajstić information content (AvgIpc) is 2.87. The molecule has 0 saturated carbocycles. The van der Waals surface area contributed by atoms with Crippen molar-refractivity contribution in [1.29, 1.82) is 0 Å². The lowest BCUT2D eigenvalue weighted by molar-refractivity contribution is -0.663. The molecule has 190 valence electrons. The molecule has 1 unspecified atom stereocenters. The van der Waals surface area contributed by atoms with Gasteiger partial charge in [-0.3, -0.25) is 14.6 Å². The largest absolute Gasteiger partial charge is 0.344 e. The predicted molar refractivity (Wildman–Crippen MR) is 140 cm³/mol. The summed E-state index contributed by atoms with van der Waals surface area (Å²) in [7, 11) is 2.42. The molecule has 0 radical (unpaired) electrons. The summed E-state index contributed by atoms with van der Waals surface area (Å²) < 4.78 is 0. The number of nitrogens with zero attached hydrogens (tertiary/aromatic N) is 4. The van der Waals surface area contributed by atoms with Crippen molar-refractivity contribution in [3.63, 3.8) is 0 Å². The summed E-state index contributed by atoms with van der Waals surface area (Å²) in [5.41, 5.74) is 5.68. The predicted octanol–water partition coefficient (Wildman–Crippen LogP) is 0.368. The Labute approximate surface area is 201 Å². The maximum atomic E-state index is 12.3. The monoisotopic (exact) mass is 473 g/mol. The number of hydrogen-bond donors (Lipinski definition) is 2. The third kappa shape index (κ3) is 12.2. The van der Waals surface area contributed by atoms with E-state index in [9.17, 15) is 4.79 Å². The van der Waals surface area contributed by atoms with Crippen molar-refractivity contribution < 1.29 is 10.1 Å². The van der Waals surface area contributed by atoms with Gasteiger partial charge in [0.2, 0.25) is 5.91 Å². The van der Waals surface area contributed by atoms with Gasteiger partial charge in [0.05, 0.1) is 19.6 Å². The molecule has 0 aliphatic carbocycles. The smallest absolute Gasteiger partial charge is 0.236 e. The number of nitrogens with two attached hydrogens (primary N) is 2. The van der Waals surface area contributed by atoms with E-state index < -0.39 is 0 Å². The Kier molecular flexibility index (Phi) is 17.7. The Bertz CT molecular complexity index is 448. The zero-order valence-corrected chi connectivity index (χ0v) is 22.6. The molecule has 32 heavy (non-hydrogen) atoms. The van der Waals surface area contributed by atoms with Crippen molar-refractivity contribution in [2.45, 2.75) is 46.0 Å². The minimum Gasteiger partial charge on any atom is -0.344 e. The van der Waals surface area contributed by atoms with E-state index >= 15 is 0 Å². The summed E-state index contributed by atoms with van der Waals surface area (Å²) in [5, 5.41) is 2.41. The van der Waals surface area contributed by atoms with Crippen molar-refractivity contribution in [1.82, 2.24) is 19.6 Å². The highest BCUT2D eigenvalue weighted by Crippen LogP contribution is 2.16. The minimum absolute atomic E-state index is 0.306. The van der Waals surface area contributed by atoms with E-state index in [1.165, 1.54) is 52.0 Å².